The number of aliphatic hydroxyl groups is 2. The molecule has 9 rings (SSSR count). The van der Waals surface area contributed by atoms with Crippen LogP contribution >= 0.6 is 0 Å². The zero-order valence-electron chi connectivity index (χ0n) is 33.5. The number of aliphatic hydroxyl groups excluding tert-OH is 2. The Morgan fingerprint density at radius 1 is 1.03 bits per heavy atom. The van der Waals surface area contributed by atoms with Crippen LogP contribution in [-0.4, -0.2) is 91.0 Å². The standard InChI is InChI=1S/C47H52N4O8/c1-27(53)23-49-25-51-42-5-3-4-16-56-41-20-30(7-13-40(41)55)46-47(42,57-26-48-2)22-38-37-19-31(18-28-6-12-39-29(17-28)14-15-50-39)36-21-32(54)8-10-34(36)43(37)45-35(44(38)59-46)11-9-33(24-52)58-45/h6-8,10,12-14,17,20-21,27,31,33,42,46,48-49,51-55H,4,9,11,15-16,18-19,22-26H2,1-2H3/t27-,31-,33+,42-,46+,47-/m0/s1. The number of aromatic hydroxyl groups is 2. The van der Waals surface area contributed by atoms with Crippen molar-refractivity contribution in [3.8, 4) is 51.7 Å². The van der Waals surface area contributed by atoms with Crippen molar-refractivity contribution < 1.29 is 39.4 Å². The number of fused-ring (bicyclic) bond motifs is 13. The summed E-state index contributed by atoms with van der Waals surface area (Å²) in [7, 11) is 1.84. The van der Waals surface area contributed by atoms with Gasteiger partial charge in [0.05, 0.1) is 38.0 Å². The van der Waals surface area contributed by atoms with E-state index in [1.807, 2.05) is 31.3 Å². The Kier molecular flexibility index (Phi) is 11.0. The molecule has 4 heterocycles. The number of benzene rings is 4. The van der Waals surface area contributed by atoms with Crippen LogP contribution in [0.1, 0.15) is 65.2 Å². The average Bonchev–Trinajstić information content (AvgIpc) is 3.71. The Morgan fingerprint density at radius 3 is 2.78 bits per heavy atom. The average molecular weight is 801 g/mol. The Labute approximate surface area is 343 Å². The first kappa shape index (κ1) is 39.3. The number of hydrogen-bond donors (Lipinski definition) is 7. The van der Waals surface area contributed by atoms with E-state index in [0.29, 0.717) is 63.4 Å². The van der Waals surface area contributed by atoms with Gasteiger partial charge in [0, 0.05) is 42.7 Å². The molecule has 4 aromatic carbocycles. The highest BCUT2D eigenvalue weighted by Crippen LogP contribution is 2.58. The molecular weight excluding hydrogens is 749 g/mol. The molecule has 308 valence electrons. The van der Waals surface area contributed by atoms with E-state index in [1.165, 1.54) is 5.56 Å². The summed E-state index contributed by atoms with van der Waals surface area (Å²) >= 11 is 0. The Bertz CT molecular complexity index is 2440. The molecule has 4 aliphatic heterocycles. The van der Waals surface area contributed by atoms with Gasteiger partial charge in [-0.15, -0.1) is 0 Å². The molecule has 0 radical (unpaired) electrons. The Balaban J connectivity index is 1.26. The summed E-state index contributed by atoms with van der Waals surface area (Å²) in [6, 6.07) is 16.9. The fourth-order valence-electron chi connectivity index (χ4n) is 9.54. The molecule has 0 spiro atoms. The second-order valence-corrected chi connectivity index (χ2v) is 16.3. The molecular formula is C47H52N4O8. The lowest BCUT2D eigenvalue weighted by molar-refractivity contribution is -0.141. The van der Waals surface area contributed by atoms with Gasteiger partial charge in [-0.2, -0.15) is 0 Å². The van der Waals surface area contributed by atoms with E-state index in [-0.39, 0.29) is 43.5 Å². The highest BCUT2D eigenvalue weighted by Gasteiger charge is 2.54. The molecule has 6 atom stereocenters. The number of nitrogens with zero attached hydrogens (tertiary/aromatic N) is 1. The maximum Gasteiger partial charge on any atom is 0.161 e. The number of rotatable bonds is 11. The van der Waals surface area contributed by atoms with E-state index >= 15 is 0 Å². The molecule has 0 fully saturated rings. The number of phenolic OH excluding ortho intramolecular Hbond substituents is 2. The van der Waals surface area contributed by atoms with E-state index in [9.17, 15) is 20.4 Å². The van der Waals surface area contributed by atoms with E-state index in [4.69, 9.17) is 18.9 Å². The van der Waals surface area contributed by atoms with Gasteiger partial charge >= 0.3 is 0 Å². The number of nitrogens with one attached hydrogen (secondary N) is 3. The molecule has 12 nitrogen and oxygen atoms in total. The predicted octanol–water partition coefficient (Wildman–Crippen LogP) is 3.03. The first-order valence-corrected chi connectivity index (χ1v) is 20.7. The predicted molar refractivity (Wildman–Crippen MR) is 222 cm³/mol. The molecule has 2 bridgehead atoms. The molecule has 0 aromatic heterocycles. The van der Waals surface area contributed by atoms with Gasteiger partial charge in [0.15, 0.2) is 17.6 Å². The minimum atomic E-state index is -1.14. The lowest BCUT2D eigenvalue weighted by atomic mass is 9.69. The van der Waals surface area contributed by atoms with Crippen LogP contribution in [0.15, 0.2) is 59.6 Å². The van der Waals surface area contributed by atoms with Crippen LogP contribution in [0.3, 0.4) is 0 Å². The van der Waals surface area contributed by atoms with Gasteiger partial charge < -0.3 is 44.7 Å². The van der Waals surface area contributed by atoms with Crippen LogP contribution in [0.5, 0.6) is 28.7 Å². The van der Waals surface area contributed by atoms with Gasteiger partial charge in [-0.25, -0.2) is 0 Å². The lowest BCUT2D eigenvalue weighted by Crippen LogP contribution is -2.62. The summed E-state index contributed by atoms with van der Waals surface area (Å²) in [5.41, 5.74) is 6.81. The van der Waals surface area contributed by atoms with Crippen molar-refractivity contribution in [1.29, 1.82) is 0 Å². The summed E-state index contributed by atoms with van der Waals surface area (Å²) in [6.45, 7) is 3.51. The molecule has 0 saturated carbocycles. The Morgan fingerprint density at radius 2 is 1.93 bits per heavy atom. The van der Waals surface area contributed by atoms with Crippen LogP contribution in [-0.2, 0) is 30.4 Å². The zero-order chi connectivity index (χ0) is 40.7. The monoisotopic (exact) mass is 800 g/mol. The molecule has 59 heavy (non-hydrogen) atoms. The quantitative estimate of drug-likeness (QED) is 0.0678. The molecule has 7 N–H and O–H groups in total. The van der Waals surface area contributed by atoms with Gasteiger partial charge in [-0.05, 0) is 115 Å². The highest BCUT2D eigenvalue weighted by molar-refractivity contribution is 5.85. The van der Waals surface area contributed by atoms with Crippen LogP contribution in [0.25, 0.3) is 17.2 Å². The van der Waals surface area contributed by atoms with Gasteiger partial charge in [0.1, 0.15) is 35.0 Å². The molecule has 12 heteroatoms. The van der Waals surface area contributed by atoms with Gasteiger partial charge in [0.2, 0.25) is 0 Å². The van der Waals surface area contributed by atoms with E-state index in [2.05, 4.69) is 57.1 Å². The van der Waals surface area contributed by atoms with Crippen molar-refractivity contribution >= 4 is 6.08 Å². The normalized spacial score (nSPS) is 23.9. The first-order chi connectivity index (χ1) is 28.8. The van der Waals surface area contributed by atoms with E-state index in [0.717, 1.165) is 61.7 Å². The smallest absolute Gasteiger partial charge is 0.161 e. The molecule has 5 aliphatic rings. The number of ether oxygens (including phenoxy) is 4. The summed E-state index contributed by atoms with van der Waals surface area (Å²) in [6.07, 6.45) is 3.91. The van der Waals surface area contributed by atoms with Crippen molar-refractivity contribution in [2.75, 3.05) is 46.8 Å². The van der Waals surface area contributed by atoms with Crippen LogP contribution in [0.2, 0.25) is 0 Å². The van der Waals surface area contributed by atoms with Crippen molar-refractivity contribution in [2.45, 2.75) is 81.3 Å². The molecule has 0 amide bonds. The summed E-state index contributed by atoms with van der Waals surface area (Å²) in [4.78, 5) is 4.61. The zero-order valence-corrected chi connectivity index (χ0v) is 33.5. The van der Waals surface area contributed by atoms with E-state index < -0.39 is 23.9 Å². The van der Waals surface area contributed by atoms with Gasteiger partial charge in [0.25, 0.3) is 0 Å². The lowest BCUT2D eigenvalue weighted by Gasteiger charge is -2.49. The minimum Gasteiger partial charge on any atom is -0.508 e. The summed E-state index contributed by atoms with van der Waals surface area (Å²) in [5.74, 6) is 8.86. The molecule has 1 aliphatic carbocycles. The van der Waals surface area contributed by atoms with Crippen molar-refractivity contribution in [3.05, 3.63) is 98.6 Å². The second kappa shape index (κ2) is 16.5. The maximum absolute atomic E-state index is 11.0. The largest absolute Gasteiger partial charge is 0.508 e. The van der Waals surface area contributed by atoms with Crippen molar-refractivity contribution in [2.24, 2.45) is 4.99 Å². The third kappa shape index (κ3) is 7.41. The Hall–Kier alpha value is -5.13. The van der Waals surface area contributed by atoms with Gasteiger partial charge in [-0.1, -0.05) is 36.1 Å². The number of hydrogen-bond acceptors (Lipinski definition) is 12. The summed E-state index contributed by atoms with van der Waals surface area (Å²) in [5, 5.41) is 54.6. The third-order valence-electron chi connectivity index (χ3n) is 12.3. The van der Waals surface area contributed by atoms with Crippen LogP contribution in [0, 0.1) is 11.8 Å². The fourth-order valence-corrected chi connectivity index (χ4v) is 9.54. The molecule has 0 saturated heterocycles. The van der Waals surface area contributed by atoms with Crippen molar-refractivity contribution in [3.63, 3.8) is 0 Å². The van der Waals surface area contributed by atoms with Crippen molar-refractivity contribution in [1.82, 2.24) is 16.0 Å². The van der Waals surface area contributed by atoms with Crippen LogP contribution in [0.4, 0.5) is 0 Å². The second-order valence-electron chi connectivity index (χ2n) is 16.3. The third-order valence-corrected chi connectivity index (χ3v) is 12.3. The molecule has 4 aromatic rings. The SMILES string of the molecule is CNCO[C@]12Cc3c4c(c5c(c3O[C@@H]1c1ccc(O)c(c1)OCCC#C[C@@H]2NCNC[C@H](C)O)CC[C@H](CO)O5)-c1ccc(O)cc1[C@@H](Cc1ccc2c(c1)=CCN=2)C4. The highest BCUT2D eigenvalue weighted by atomic mass is 16.6. The first-order valence-electron chi connectivity index (χ1n) is 20.7. The minimum absolute atomic E-state index is 0.00461. The van der Waals surface area contributed by atoms with E-state index in [1.54, 1.807) is 19.1 Å². The summed E-state index contributed by atoms with van der Waals surface area (Å²) < 4.78 is 27.4. The van der Waals surface area contributed by atoms with Gasteiger partial charge in [-0.3, -0.25) is 15.6 Å². The topological polar surface area (TPSA) is 166 Å². The molecule has 0 unspecified atom stereocenters. The fraction of sp³-hybridized carbons (Fsp3) is 0.426. The van der Waals surface area contributed by atoms with Crippen LogP contribution < -0.4 is 40.7 Å². The maximum atomic E-state index is 11.0. The number of phenols is 2.